The average Bonchev–Trinajstić information content (AvgIpc) is 2.35. The van der Waals surface area contributed by atoms with Crippen LogP contribution in [-0.4, -0.2) is 5.11 Å². The van der Waals surface area contributed by atoms with E-state index in [2.05, 4.69) is 29.2 Å². The van der Waals surface area contributed by atoms with Crippen molar-refractivity contribution in [2.24, 2.45) is 0 Å². The van der Waals surface area contributed by atoms with Crippen molar-refractivity contribution in [1.82, 2.24) is 0 Å². The number of furan rings is 1. The Morgan fingerprint density at radius 2 is 2.55 bits per heavy atom. The average molecular weight is 264 g/mol. The minimum atomic E-state index is -0.547. The van der Waals surface area contributed by atoms with Gasteiger partial charge in [0.1, 0.15) is 11.9 Å². The fourth-order valence-corrected chi connectivity index (χ4v) is 1.21. The molecule has 0 fully saturated rings. The third-order valence-corrected chi connectivity index (χ3v) is 1.73. The van der Waals surface area contributed by atoms with E-state index < -0.39 is 6.10 Å². The van der Waals surface area contributed by atoms with Crippen molar-refractivity contribution >= 4 is 22.6 Å². The van der Waals surface area contributed by atoms with E-state index in [1.807, 2.05) is 0 Å². The highest BCUT2D eigenvalue weighted by Crippen LogP contribution is 2.23. The fraction of sp³-hybridized carbons (Fsp3) is 0.250. The van der Waals surface area contributed by atoms with Crippen LogP contribution in [0.1, 0.15) is 18.3 Å². The van der Waals surface area contributed by atoms with Crippen molar-refractivity contribution in [2.45, 2.75) is 12.5 Å². The van der Waals surface area contributed by atoms with E-state index >= 15 is 0 Å². The Morgan fingerprint density at radius 1 is 1.82 bits per heavy atom. The van der Waals surface area contributed by atoms with Gasteiger partial charge in [-0.3, -0.25) is 0 Å². The lowest BCUT2D eigenvalue weighted by Crippen LogP contribution is -1.93. The van der Waals surface area contributed by atoms with Crippen LogP contribution in [-0.2, 0) is 0 Å². The lowest BCUT2D eigenvalue weighted by Gasteiger charge is -2.04. The van der Waals surface area contributed by atoms with Gasteiger partial charge in [-0.15, -0.1) is 0 Å². The lowest BCUT2D eigenvalue weighted by molar-refractivity contribution is 0.152. The maximum atomic E-state index is 9.42. The molecule has 0 radical (unpaired) electrons. The Bertz CT molecular complexity index is 228. The third-order valence-electron chi connectivity index (χ3n) is 1.29. The van der Waals surface area contributed by atoms with Crippen LogP contribution in [0, 0.1) is 0 Å². The summed E-state index contributed by atoms with van der Waals surface area (Å²) in [5.74, 6) is 0.600. The third kappa shape index (κ3) is 2.67. The summed E-state index contributed by atoms with van der Waals surface area (Å²) in [6.45, 7) is 3.69. The summed E-state index contributed by atoms with van der Waals surface area (Å²) in [6.07, 6.45) is 1.55. The van der Waals surface area contributed by atoms with E-state index in [1.165, 1.54) is 0 Å². The highest BCUT2D eigenvalue weighted by Gasteiger charge is 2.09. The number of hydrogen-bond donors (Lipinski definition) is 1. The molecular weight excluding hydrogens is 255 g/mol. The number of hydrogen-bond acceptors (Lipinski definition) is 2. The van der Waals surface area contributed by atoms with Gasteiger partial charge in [-0.2, -0.15) is 0 Å². The minimum absolute atomic E-state index is 0.547. The van der Waals surface area contributed by atoms with E-state index in [9.17, 15) is 5.11 Å². The molecule has 3 heteroatoms. The molecule has 60 valence electrons. The molecule has 1 N–H and O–H groups in total. The Balaban J connectivity index is 2.56. The Hall–Kier alpha value is -0.290. The van der Waals surface area contributed by atoms with E-state index in [0.717, 1.165) is 3.58 Å². The Labute approximate surface area is 79.1 Å². The maximum absolute atomic E-state index is 9.42. The zero-order valence-corrected chi connectivity index (χ0v) is 8.11. The highest BCUT2D eigenvalue weighted by atomic mass is 127. The molecule has 0 aliphatic heterocycles. The largest absolute Gasteiger partial charge is 0.467 e. The first-order valence-corrected chi connectivity index (χ1v) is 4.33. The molecule has 1 aromatic heterocycles. The van der Waals surface area contributed by atoms with Gasteiger partial charge in [-0.25, -0.2) is 0 Å². The van der Waals surface area contributed by atoms with Crippen LogP contribution in [0.25, 0.3) is 0 Å². The second-order valence-corrected chi connectivity index (χ2v) is 3.78. The molecule has 0 saturated carbocycles. The minimum Gasteiger partial charge on any atom is -0.467 e. The first-order valence-electron chi connectivity index (χ1n) is 3.25. The monoisotopic (exact) mass is 264 g/mol. The summed E-state index contributed by atoms with van der Waals surface area (Å²) in [6, 6.07) is 3.51. The molecule has 1 unspecified atom stereocenters. The van der Waals surface area contributed by atoms with Crippen molar-refractivity contribution in [3.05, 3.63) is 34.3 Å². The number of aliphatic hydroxyl groups is 1. The van der Waals surface area contributed by atoms with Gasteiger partial charge in [-0.05, 0) is 38.3 Å². The predicted molar refractivity (Wildman–Crippen MR) is 51.4 cm³/mol. The quantitative estimate of drug-likeness (QED) is 0.851. The highest BCUT2D eigenvalue weighted by molar-refractivity contribution is 14.1. The zero-order valence-electron chi connectivity index (χ0n) is 5.96. The summed E-state index contributed by atoms with van der Waals surface area (Å²) in [5, 5.41) is 9.42. The normalized spacial score (nSPS) is 12.9. The number of halogens is 1. The summed E-state index contributed by atoms with van der Waals surface area (Å²) in [4.78, 5) is 0. The first kappa shape index (κ1) is 8.80. The molecule has 0 amide bonds. The second-order valence-electron chi connectivity index (χ2n) is 2.25. The van der Waals surface area contributed by atoms with Gasteiger partial charge in [0.25, 0.3) is 0 Å². The number of aliphatic hydroxyl groups excluding tert-OH is 1. The molecule has 1 aromatic rings. The standard InChI is InChI=1S/C8H9IO2/c1-6(9)5-7(10)8-3-2-4-11-8/h2-4,7,10H,1,5H2. The van der Waals surface area contributed by atoms with Crippen molar-refractivity contribution in [3.8, 4) is 0 Å². The van der Waals surface area contributed by atoms with Gasteiger partial charge >= 0.3 is 0 Å². The van der Waals surface area contributed by atoms with Gasteiger partial charge in [0, 0.05) is 6.42 Å². The van der Waals surface area contributed by atoms with Crippen LogP contribution >= 0.6 is 22.6 Å². The van der Waals surface area contributed by atoms with Gasteiger partial charge in [0.15, 0.2) is 0 Å². The molecular formula is C8H9IO2. The molecule has 0 saturated heterocycles. The lowest BCUT2D eigenvalue weighted by atomic mass is 10.2. The van der Waals surface area contributed by atoms with Crippen LogP contribution in [0.2, 0.25) is 0 Å². The molecule has 0 aromatic carbocycles. The molecule has 0 aliphatic carbocycles. The Morgan fingerprint density at radius 3 is 3.00 bits per heavy atom. The van der Waals surface area contributed by atoms with Crippen LogP contribution in [0.5, 0.6) is 0 Å². The Kier molecular flexibility index (Phi) is 3.14. The van der Waals surface area contributed by atoms with E-state index in [0.29, 0.717) is 12.2 Å². The summed E-state index contributed by atoms with van der Waals surface area (Å²) < 4.78 is 5.92. The SMILES string of the molecule is C=C(I)CC(O)c1ccco1. The predicted octanol–water partition coefficient (Wildman–Crippen LogP) is 2.65. The van der Waals surface area contributed by atoms with Crippen molar-refractivity contribution < 1.29 is 9.52 Å². The van der Waals surface area contributed by atoms with Crippen molar-refractivity contribution in [3.63, 3.8) is 0 Å². The first-order chi connectivity index (χ1) is 5.20. The maximum Gasteiger partial charge on any atom is 0.132 e. The van der Waals surface area contributed by atoms with Gasteiger partial charge in [0.05, 0.1) is 6.26 Å². The van der Waals surface area contributed by atoms with Gasteiger partial charge < -0.3 is 9.52 Å². The fourth-order valence-electron chi connectivity index (χ4n) is 0.791. The van der Waals surface area contributed by atoms with Crippen LogP contribution in [0.4, 0.5) is 0 Å². The smallest absolute Gasteiger partial charge is 0.132 e. The molecule has 0 spiro atoms. The van der Waals surface area contributed by atoms with E-state index in [4.69, 9.17) is 4.42 Å². The van der Waals surface area contributed by atoms with E-state index in [-0.39, 0.29) is 0 Å². The molecule has 1 rings (SSSR count). The van der Waals surface area contributed by atoms with Crippen LogP contribution in [0.15, 0.2) is 33.0 Å². The molecule has 0 bridgehead atoms. The van der Waals surface area contributed by atoms with Gasteiger partial charge in [-0.1, -0.05) is 6.58 Å². The zero-order chi connectivity index (χ0) is 8.27. The molecule has 2 nitrogen and oxygen atoms in total. The summed E-state index contributed by atoms with van der Waals surface area (Å²) in [7, 11) is 0. The van der Waals surface area contributed by atoms with Crippen molar-refractivity contribution in [2.75, 3.05) is 0 Å². The molecule has 1 atom stereocenters. The molecule has 1 heterocycles. The topological polar surface area (TPSA) is 33.4 Å². The molecule has 11 heavy (non-hydrogen) atoms. The summed E-state index contributed by atoms with van der Waals surface area (Å²) >= 11 is 2.09. The van der Waals surface area contributed by atoms with Crippen LogP contribution in [0.3, 0.4) is 0 Å². The van der Waals surface area contributed by atoms with Crippen LogP contribution < -0.4 is 0 Å². The number of rotatable bonds is 3. The summed E-state index contributed by atoms with van der Waals surface area (Å²) in [5.41, 5.74) is 0. The van der Waals surface area contributed by atoms with Gasteiger partial charge in [0.2, 0.25) is 0 Å². The molecule has 0 aliphatic rings. The van der Waals surface area contributed by atoms with E-state index in [1.54, 1.807) is 18.4 Å². The van der Waals surface area contributed by atoms with Crippen molar-refractivity contribution in [1.29, 1.82) is 0 Å². The second kappa shape index (κ2) is 3.92.